The van der Waals surface area contributed by atoms with Crippen molar-refractivity contribution in [3.8, 4) is 11.4 Å². The summed E-state index contributed by atoms with van der Waals surface area (Å²) in [6, 6.07) is 18.3. The predicted molar refractivity (Wildman–Crippen MR) is 138 cm³/mol. The molecule has 2 saturated heterocycles. The molecule has 35 heavy (non-hydrogen) atoms. The molecule has 184 valence electrons. The van der Waals surface area contributed by atoms with E-state index in [1.165, 1.54) is 24.6 Å². The summed E-state index contributed by atoms with van der Waals surface area (Å²) < 4.78 is 7.36. The zero-order chi connectivity index (χ0) is 24.0. The molecule has 0 radical (unpaired) electrons. The summed E-state index contributed by atoms with van der Waals surface area (Å²) in [6.45, 7) is 6.07. The van der Waals surface area contributed by atoms with E-state index in [1.54, 1.807) is 7.11 Å². The van der Waals surface area contributed by atoms with Crippen LogP contribution in [0.3, 0.4) is 0 Å². The number of carbonyl (C=O) groups is 1. The van der Waals surface area contributed by atoms with Crippen molar-refractivity contribution in [1.82, 2.24) is 24.6 Å². The number of anilines is 1. The van der Waals surface area contributed by atoms with E-state index in [1.807, 2.05) is 35.2 Å². The van der Waals surface area contributed by atoms with Gasteiger partial charge in [-0.1, -0.05) is 30.0 Å². The molecule has 0 bridgehead atoms. The molecule has 2 aliphatic rings. The Kier molecular flexibility index (Phi) is 7.54. The van der Waals surface area contributed by atoms with Gasteiger partial charge in [-0.25, -0.2) is 0 Å². The maximum Gasteiger partial charge on any atom is 0.233 e. The number of hydrogen-bond donors (Lipinski definition) is 0. The van der Waals surface area contributed by atoms with Gasteiger partial charge in [-0.3, -0.25) is 14.3 Å². The van der Waals surface area contributed by atoms with Crippen LogP contribution in [0.1, 0.15) is 18.7 Å². The number of carbonyl (C=O) groups excluding carboxylic acids is 1. The van der Waals surface area contributed by atoms with Crippen molar-refractivity contribution in [2.24, 2.45) is 0 Å². The van der Waals surface area contributed by atoms with Gasteiger partial charge in [-0.2, -0.15) is 0 Å². The summed E-state index contributed by atoms with van der Waals surface area (Å²) in [5.74, 6) is 2.29. The molecule has 1 aromatic heterocycles. The molecule has 2 aromatic carbocycles. The lowest BCUT2D eigenvalue weighted by Crippen LogP contribution is -2.49. The summed E-state index contributed by atoms with van der Waals surface area (Å²) in [7, 11) is 1.67. The summed E-state index contributed by atoms with van der Waals surface area (Å²) in [5, 5.41) is 9.76. The number of aromatic nitrogens is 3. The van der Waals surface area contributed by atoms with Gasteiger partial charge in [-0.15, -0.1) is 10.2 Å². The number of amides is 1. The molecule has 9 heteroatoms. The summed E-state index contributed by atoms with van der Waals surface area (Å²) >= 11 is 1.48. The van der Waals surface area contributed by atoms with Gasteiger partial charge < -0.3 is 14.5 Å². The fraction of sp³-hybridized carbons (Fsp3) is 0.423. The number of benzene rings is 2. The maximum absolute atomic E-state index is 13.0. The molecule has 0 saturated carbocycles. The largest absolute Gasteiger partial charge is 0.497 e. The molecule has 8 nitrogen and oxygen atoms in total. The third kappa shape index (κ3) is 5.62. The van der Waals surface area contributed by atoms with Crippen LogP contribution in [0.5, 0.6) is 5.75 Å². The summed E-state index contributed by atoms with van der Waals surface area (Å²) in [6.07, 6.45) is 2.47. The van der Waals surface area contributed by atoms with E-state index in [9.17, 15) is 4.79 Å². The molecule has 0 spiro atoms. The Bertz CT molecular complexity index is 1110. The van der Waals surface area contributed by atoms with E-state index in [-0.39, 0.29) is 5.91 Å². The highest BCUT2D eigenvalue weighted by Gasteiger charge is 2.24. The third-order valence-corrected chi connectivity index (χ3v) is 7.59. The highest BCUT2D eigenvalue weighted by Crippen LogP contribution is 2.25. The molecule has 2 fully saturated rings. The van der Waals surface area contributed by atoms with Gasteiger partial charge in [0.05, 0.1) is 19.4 Å². The van der Waals surface area contributed by atoms with Crippen LogP contribution in [0, 0.1) is 0 Å². The minimum absolute atomic E-state index is 0.146. The predicted octanol–water partition coefficient (Wildman–Crippen LogP) is 3.31. The van der Waals surface area contributed by atoms with Crippen molar-refractivity contribution in [2.75, 3.05) is 57.0 Å². The van der Waals surface area contributed by atoms with Crippen molar-refractivity contribution in [3.63, 3.8) is 0 Å². The number of para-hydroxylation sites is 1. The van der Waals surface area contributed by atoms with E-state index in [0.29, 0.717) is 5.75 Å². The Morgan fingerprint density at radius 2 is 1.60 bits per heavy atom. The van der Waals surface area contributed by atoms with Crippen molar-refractivity contribution in [3.05, 3.63) is 60.4 Å². The van der Waals surface area contributed by atoms with Crippen molar-refractivity contribution < 1.29 is 9.53 Å². The standard InChI is InChI=1S/C26H32N6O2S/c1-34-23-11-9-21(10-12-23)30-15-17-31(18-16-30)25(33)20-35-26-28-27-24(19-29-13-5-6-14-29)32(26)22-7-3-2-4-8-22/h2-4,7-12H,5-6,13-20H2,1H3. The van der Waals surface area contributed by atoms with Gasteiger partial charge in [-0.05, 0) is 62.3 Å². The molecule has 2 aliphatic heterocycles. The normalized spacial score (nSPS) is 16.6. The van der Waals surface area contributed by atoms with E-state index < -0.39 is 0 Å². The van der Waals surface area contributed by atoms with Crippen molar-refractivity contribution >= 4 is 23.4 Å². The van der Waals surface area contributed by atoms with Crippen LogP contribution in [0.2, 0.25) is 0 Å². The lowest BCUT2D eigenvalue weighted by atomic mass is 10.2. The second-order valence-corrected chi connectivity index (χ2v) is 9.85. The first kappa shape index (κ1) is 23.7. The van der Waals surface area contributed by atoms with Gasteiger partial charge in [0.1, 0.15) is 5.75 Å². The number of nitrogens with zero attached hydrogens (tertiary/aromatic N) is 6. The van der Waals surface area contributed by atoms with Crippen LogP contribution in [0.25, 0.3) is 5.69 Å². The first-order chi connectivity index (χ1) is 17.2. The Morgan fingerprint density at radius 1 is 0.886 bits per heavy atom. The average Bonchev–Trinajstić information content (AvgIpc) is 3.58. The third-order valence-electron chi connectivity index (χ3n) is 6.67. The summed E-state index contributed by atoms with van der Waals surface area (Å²) in [5.41, 5.74) is 2.20. The Balaban J connectivity index is 1.20. The van der Waals surface area contributed by atoms with Gasteiger partial charge in [0.25, 0.3) is 0 Å². The second-order valence-electron chi connectivity index (χ2n) is 8.91. The number of piperazine rings is 1. The molecule has 0 atom stereocenters. The minimum Gasteiger partial charge on any atom is -0.497 e. The quantitative estimate of drug-likeness (QED) is 0.447. The lowest BCUT2D eigenvalue weighted by molar-refractivity contribution is -0.128. The molecule has 0 N–H and O–H groups in total. The first-order valence-electron chi connectivity index (χ1n) is 12.2. The highest BCUT2D eigenvalue weighted by molar-refractivity contribution is 7.99. The Labute approximate surface area is 210 Å². The number of thioether (sulfide) groups is 1. The zero-order valence-electron chi connectivity index (χ0n) is 20.2. The second kappa shape index (κ2) is 11.1. The van der Waals surface area contributed by atoms with E-state index in [0.717, 1.165) is 73.9 Å². The molecule has 0 unspecified atom stereocenters. The lowest BCUT2D eigenvalue weighted by Gasteiger charge is -2.36. The molecule has 3 aromatic rings. The van der Waals surface area contributed by atoms with Crippen molar-refractivity contribution in [1.29, 1.82) is 0 Å². The van der Waals surface area contributed by atoms with Crippen LogP contribution in [0.4, 0.5) is 5.69 Å². The molecular formula is C26H32N6O2S. The van der Waals surface area contributed by atoms with Crippen LogP contribution in [-0.2, 0) is 11.3 Å². The first-order valence-corrected chi connectivity index (χ1v) is 13.2. The van der Waals surface area contributed by atoms with E-state index >= 15 is 0 Å². The zero-order valence-corrected chi connectivity index (χ0v) is 21.0. The Morgan fingerprint density at radius 3 is 2.29 bits per heavy atom. The Hall–Kier alpha value is -3.04. The smallest absolute Gasteiger partial charge is 0.233 e. The molecular weight excluding hydrogens is 460 g/mol. The SMILES string of the molecule is COc1ccc(N2CCN(C(=O)CSc3nnc(CN4CCCC4)n3-c3ccccc3)CC2)cc1. The topological polar surface area (TPSA) is 66.7 Å². The fourth-order valence-corrected chi connectivity index (χ4v) is 5.57. The average molecular weight is 493 g/mol. The van der Waals surface area contributed by atoms with Gasteiger partial charge in [0.15, 0.2) is 11.0 Å². The minimum atomic E-state index is 0.146. The number of likely N-dealkylation sites (tertiary alicyclic amines) is 1. The maximum atomic E-state index is 13.0. The van der Waals surface area contributed by atoms with Crippen LogP contribution < -0.4 is 9.64 Å². The molecule has 3 heterocycles. The number of methoxy groups -OCH3 is 1. The van der Waals surface area contributed by atoms with Gasteiger partial charge in [0.2, 0.25) is 5.91 Å². The monoisotopic (exact) mass is 492 g/mol. The van der Waals surface area contributed by atoms with Crippen LogP contribution in [-0.4, -0.2) is 82.6 Å². The van der Waals surface area contributed by atoms with Crippen LogP contribution in [0.15, 0.2) is 59.8 Å². The number of ether oxygens (including phenoxy) is 1. The molecule has 1 amide bonds. The molecule has 0 aliphatic carbocycles. The molecule has 5 rings (SSSR count). The van der Waals surface area contributed by atoms with Gasteiger partial charge >= 0.3 is 0 Å². The van der Waals surface area contributed by atoms with Gasteiger partial charge in [0, 0.05) is 37.6 Å². The summed E-state index contributed by atoms with van der Waals surface area (Å²) in [4.78, 5) is 19.7. The number of hydrogen-bond acceptors (Lipinski definition) is 7. The van der Waals surface area contributed by atoms with Crippen molar-refractivity contribution in [2.45, 2.75) is 24.5 Å². The number of rotatable bonds is 8. The highest BCUT2D eigenvalue weighted by atomic mass is 32.2. The van der Waals surface area contributed by atoms with E-state index in [2.05, 4.69) is 48.8 Å². The van der Waals surface area contributed by atoms with Crippen LogP contribution >= 0.6 is 11.8 Å². The van der Waals surface area contributed by atoms with E-state index in [4.69, 9.17) is 4.74 Å². The fourth-order valence-electron chi connectivity index (χ4n) is 4.70.